The monoisotopic (exact) mass is 714 g/mol. The van der Waals surface area contributed by atoms with Gasteiger partial charge in [0.15, 0.2) is 0 Å². The lowest BCUT2D eigenvalue weighted by Crippen LogP contribution is -2.01. The highest BCUT2D eigenvalue weighted by atomic mass is 79.9. The Morgan fingerprint density at radius 1 is 0.455 bits per heavy atom. The van der Waals surface area contributed by atoms with Crippen molar-refractivity contribution in [1.82, 2.24) is 0 Å². The molecule has 0 unspecified atom stereocenters. The minimum Gasteiger partial charge on any atom is -0.457 e. The molecular formula is C24H14Br4O4S. The smallest absolute Gasteiger partial charge is 0.206 e. The minimum absolute atomic E-state index is 0.176. The summed E-state index contributed by atoms with van der Waals surface area (Å²) in [4.78, 5) is 0.352. The Bertz CT molecular complexity index is 1260. The predicted octanol–water partition coefficient (Wildman–Crippen LogP) is 9.15. The van der Waals surface area contributed by atoms with Crippen LogP contribution in [-0.4, -0.2) is 8.42 Å². The van der Waals surface area contributed by atoms with Gasteiger partial charge in [0.05, 0.1) is 9.79 Å². The van der Waals surface area contributed by atoms with E-state index in [4.69, 9.17) is 9.47 Å². The Morgan fingerprint density at radius 3 is 1.06 bits per heavy atom. The number of halogens is 4. The van der Waals surface area contributed by atoms with Crippen LogP contribution < -0.4 is 9.47 Å². The van der Waals surface area contributed by atoms with E-state index in [9.17, 15) is 8.42 Å². The van der Waals surface area contributed by atoms with E-state index in [2.05, 4.69) is 63.7 Å². The van der Waals surface area contributed by atoms with Crippen LogP contribution in [0.5, 0.6) is 23.0 Å². The first-order valence-electron chi connectivity index (χ1n) is 9.42. The molecule has 0 aromatic heterocycles. The van der Waals surface area contributed by atoms with Crippen molar-refractivity contribution in [2.75, 3.05) is 0 Å². The second-order valence-corrected chi connectivity index (χ2v) is 12.5. The fourth-order valence-electron chi connectivity index (χ4n) is 2.96. The summed E-state index contributed by atoms with van der Waals surface area (Å²) in [6.07, 6.45) is 0. The molecule has 0 N–H and O–H groups in total. The van der Waals surface area contributed by atoms with Crippen molar-refractivity contribution in [2.45, 2.75) is 9.79 Å². The molecule has 0 aliphatic rings. The first-order valence-corrected chi connectivity index (χ1v) is 14.1. The van der Waals surface area contributed by atoms with Crippen molar-refractivity contribution < 1.29 is 17.9 Å². The van der Waals surface area contributed by atoms with Crippen LogP contribution >= 0.6 is 63.7 Å². The minimum atomic E-state index is -3.69. The number of benzene rings is 4. The van der Waals surface area contributed by atoms with E-state index < -0.39 is 9.84 Å². The summed E-state index contributed by atoms with van der Waals surface area (Å²) in [5.74, 6) is 2.31. The molecule has 0 bridgehead atoms. The zero-order valence-corrected chi connectivity index (χ0v) is 23.8. The van der Waals surface area contributed by atoms with Crippen LogP contribution in [0, 0.1) is 0 Å². The molecule has 168 valence electrons. The number of hydrogen-bond donors (Lipinski definition) is 0. The second-order valence-electron chi connectivity index (χ2n) is 6.86. The Labute approximate surface area is 225 Å². The van der Waals surface area contributed by atoms with Crippen LogP contribution in [0.4, 0.5) is 0 Å². The van der Waals surface area contributed by atoms with Crippen LogP contribution in [0.15, 0.2) is 113 Å². The summed E-state index contributed by atoms with van der Waals surface area (Å²) < 4.78 is 41.2. The number of hydrogen-bond acceptors (Lipinski definition) is 4. The number of sulfone groups is 1. The van der Waals surface area contributed by atoms with Gasteiger partial charge in [-0.25, -0.2) is 8.42 Å². The Balaban J connectivity index is 1.50. The first kappa shape index (κ1) is 24.5. The highest BCUT2D eigenvalue weighted by Gasteiger charge is 2.18. The molecule has 0 radical (unpaired) electrons. The Kier molecular flexibility index (Phi) is 7.65. The highest BCUT2D eigenvalue weighted by molar-refractivity contribution is 9.11. The van der Waals surface area contributed by atoms with Crippen LogP contribution in [0.25, 0.3) is 0 Å². The van der Waals surface area contributed by atoms with Gasteiger partial charge in [0.1, 0.15) is 23.0 Å². The molecule has 4 aromatic carbocycles. The lowest BCUT2D eigenvalue weighted by atomic mass is 10.3. The maximum atomic E-state index is 13.0. The van der Waals surface area contributed by atoms with Crippen molar-refractivity contribution in [3.63, 3.8) is 0 Å². The van der Waals surface area contributed by atoms with Crippen molar-refractivity contribution in [3.05, 3.63) is 103 Å². The molecule has 0 fully saturated rings. The van der Waals surface area contributed by atoms with E-state index in [1.807, 2.05) is 36.4 Å². The van der Waals surface area contributed by atoms with Gasteiger partial charge in [-0.15, -0.1) is 0 Å². The van der Waals surface area contributed by atoms with E-state index >= 15 is 0 Å². The number of ether oxygens (including phenoxy) is 2. The van der Waals surface area contributed by atoms with Crippen LogP contribution in [0.1, 0.15) is 0 Å². The molecule has 0 saturated heterocycles. The second kappa shape index (κ2) is 10.3. The zero-order chi connectivity index (χ0) is 23.6. The molecule has 0 amide bonds. The zero-order valence-electron chi connectivity index (χ0n) is 16.6. The van der Waals surface area contributed by atoms with Gasteiger partial charge >= 0.3 is 0 Å². The molecule has 4 rings (SSSR count). The van der Waals surface area contributed by atoms with Crippen LogP contribution in [0.3, 0.4) is 0 Å². The summed E-state index contributed by atoms with van der Waals surface area (Å²) in [6.45, 7) is 0. The molecule has 33 heavy (non-hydrogen) atoms. The lowest BCUT2D eigenvalue weighted by molar-refractivity contribution is 0.481. The fraction of sp³-hybridized carbons (Fsp3) is 0. The molecule has 9 heteroatoms. The molecule has 0 aliphatic heterocycles. The van der Waals surface area contributed by atoms with Crippen molar-refractivity contribution in [3.8, 4) is 23.0 Å². The Morgan fingerprint density at radius 2 is 0.758 bits per heavy atom. The molecule has 4 nitrogen and oxygen atoms in total. The van der Waals surface area contributed by atoms with Crippen LogP contribution in [0.2, 0.25) is 0 Å². The largest absolute Gasteiger partial charge is 0.457 e. The topological polar surface area (TPSA) is 52.6 Å². The summed E-state index contributed by atoms with van der Waals surface area (Å²) in [7, 11) is -3.69. The summed E-state index contributed by atoms with van der Waals surface area (Å²) in [5, 5.41) is 0. The molecule has 0 heterocycles. The Hall–Kier alpha value is -1.65. The summed E-state index contributed by atoms with van der Waals surface area (Å²) >= 11 is 13.7. The van der Waals surface area contributed by atoms with Gasteiger partial charge in [-0.1, -0.05) is 63.7 Å². The standard InChI is InChI=1S/C24H14Br4O4S/c25-15-9-16(26)12-21(11-15)31-19-1-5-23(6-2-19)33(29,30)24-7-3-20(4-8-24)32-22-13-17(27)10-18(28)14-22/h1-14H. The maximum Gasteiger partial charge on any atom is 0.206 e. The lowest BCUT2D eigenvalue weighted by Gasteiger charge is -2.10. The molecule has 4 aromatic rings. The quantitative estimate of drug-likeness (QED) is 0.200. The third-order valence-corrected chi connectivity index (χ3v) is 8.03. The third kappa shape index (κ3) is 6.27. The van der Waals surface area contributed by atoms with E-state index in [0.717, 1.165) is 17.9 Å². The van der Waals surface area contributed by atoms with Gasteiger partial charge in [0.25, 0.3) is 0 Å². The van der Waals surface area contributed by atoms with Crippen molar-refractivity contribution in [2.24, 2.45) is 0 Å². The van der Waals surface area contributed by atoms with Gasteiger partial charge < -0.3 is 9.47 Å². The average molecular weight is 718 g/mol. The normalized spacial score (nSPS) is 11.3. The van der Waals surface area contributed by atoms with Gasteiger partial charge in [-0.3, -0.25) is 0 Å². The van der Waals surface area contributed by atoms with Gasteiger partial charge in [-0.2, -0.15) is 0 Å². The average Bonchev–Trinajstić information content (AvgIpc) is 2.73. The van der Waals surface area contributed by atoms with Gasteiger partial charge in [0.2, 0.25) is 9.84 Å². The van der Waals surface area contributed by atoms with E-state index in [0.29, 0.717) is 23.0 Å². The van der Waals surface area contributed by atoms with Crippen molar-refractivity contribution >= 4 is 73.6 Å². The molecule has 0 saturated carbocycles. The molecule has 0 atom stereocenters. The SMILES string of the molecule is O=S(=O)(c1ccc(Oc2cc(Br)cc(Br)c2)cc1)c1ccc(Oc2cc(Br)cc(Br)c2)cc1. The van der Waals surface area contributed by atoms with E-state index in [-0.39, 0.29) is 9.79 Å². The molecule has 0 aliphatic carbocycles. The van der Waals surface area contributed by atoms with E-state index in [1.165, 1.54) is 24.3 Å². The highest BCUT2D eigenvalue weighted by Crippen LogP contribution is 2.32. The first-order chi connectivity index (χ1) is 15.7. The van der Waals surface area contributed by atoms with Crippen molar-refractivity contribution in [1.29, 1.82) is 0 Å². The van der Waals surface area contributed by atoms with Gasteiger partial charge in [0, 0.05) is 17.9 Å². The molecular weight excluding hydrogens is 704 g/mol. The summed E-state index contributed by atoms with van der Waals surface area (Å²) in [5.41, 5.74) is 0. The number of rotatable bonds is 6. The predicted molar refractivity (Wildman–Crippen MR) is 142 cm³/mol. The third-order valence-electron chi connectivity index (χ3n) is 4.41. The summed E-state index contributed by atoms with van der Waals surface area (Å²) in [6, 6.07) is 23.7. The molecule has 0 spiro atoms. The maximum absolute atomic E-state index is 13.0. The van der Waals surface area contributed by atoms with Crippen LogP contribution in [-0.2, 0) is 9.84 Å². The van der Waals surface area contributed by atoms with E-state index in [1.54, 1.807) is 24.3 Å². The fourth-order valence-corrected chi connectivity index (χ4v) is 6.72. The van der Waals surface area contributed by atoms with Gasteiger partial charge in [-0.05, 0) is 84.9 Å².